The number of alkyl halides is 1. The Hall–Kier alpha value is -0.760. The fourth-order valence-electron chi connectivity index (χ4n) is 1.30. The Morgan fingerprint density at radius 3 is 2.35 bits per heavy atom. The molecule has 0 saturated carbocycles. The largest absolute Gasteiger partial charge is 0.378 e. The molecule has 20 heavy (non-hydrogen) atoms. The van der Waals surface area contributed by atoms with E-state index in [0.717, 1.165) is 6.54 Å². The van der Waals surface area contributed by atoms with Crippen molar-refractivity contribution in [3.63, 3.8) is 0 Å². The van der Waals surface area contributed by atoms with Crippen LogP contribution in [0.5, 0.6) is 0 Å². The first kappa shape index (κ1) is 19.2. The van der Waals surface area contributed by atoms with Gasteiger partial charge in [0.25, 0.3) is 0 Å². The maximum absolute atomic E-state index is 13.5. The van der Waals surface area contributed by atoms with Gasteiger partial charge in [0.15, 0.2) is 0 Å². The highest BCUT2D eigenvalue weighted by Gasteiger charge is 2.16. The highest BCUT2D eigenvalue weighted by atomic mass is 19.1. The first-order chi connectivity index (χ1) is 9.57. The normalized spacial score (nSPS) is 14.0. The van der Waals surface area contributed by atoms with Crippen LogP contribution in [0.3, 0.4) is 0 Å². The van der Waals surface area contributed by atoms with Gasteiger partial charge in [-0.15, -0.1) is 0 Å². The zero-order valence-electron chi connectivity index (χ0n) is 12.6. The molecular weight excluding hydrogens is 267 g/mol. The van der Waals surface area contributed by atoms with Crippen molar-refractivity contribution in [3.05, 3.63) is 0 Å². The Morgan fingerprint density at radius 2 is 1.75 bits per heavy atom. The van der Waals surface area contributed by atoms with Crippen LogP contribution in [0.15, 0.2) is 0 Å². The second-order valence-corrected chi connectivity index (χ2v) is 4.36. The average molecular weight is 294 g/mol. The van der Waals surface area contributed by atoms with E-state index in [1.54, 1.807) is 6.92 Å². The van der Waals surface area contributed by atoms with Gasteiger partial charge in [0.1, 0.15) is 6.17 Å². The molecule has 2 N–H and O–H groups in total. The molecule has 0 bridgehead atoms. The molecule has 0 saturated heterocycles. The summed E-state index contributed by atoms with van der Waals surface area (Å²) in [7, 11) is 1.86. The second kappa shape index (κ2) is 13.2. The molecule has 6 nitrogen and oxygen atoms in total. The molecule has 0 aliphatic rings. The minimum Gasteiger partial charge on any atom is -0.378 e. The lowest BCUT2D eigenvalue weighted by atomic mass is 10.2. The minimum atomic E-state index is -1.22. The molecule has 0 aromatic carbocycles. The number of rotatable bonds is 13. The van der Waals surface area contributed by atoms with E-state index in [2.05, 4.69) is 10.6 Å². The van der Waals surface area contributed by atoms with E-state index in [1.807, 2.05) is 7.05 Å². The summed E-state index contributed by atoms with van der Waals surface area (Å²) in [5.74, 6) is -0.249. The first-order valence-electron chi connectivity index (χ1n) is 6.88. The van der Waals surface area contributed by atoms with Crippen LogP contribution < -0.4 is 10.6 Å². The molecule has 0 fully saturated rings. The third-order valence-corrected chi connectivity index (χ3v) is 2.53. The van der Waals surface area contributed by atoms with Crippen molar-refractivity contribution in [2.75, 3.05) is 53.2 Å². The van der Waals surface area contributed by atoms with Crippen LogP contribution in [0.1, 0.15) is 13.8 Å². The number of halogens is 1. The lowest BCUT2D eigenvalue weighted by Gasteiger charge is -2.17. The lowest BCUT2D eigenvalue weighted by molar-refractivity contribution is -0.119. The maximum atomic E-state index is 13.5. The smallest absolute Gasteiger partial charge is 0.216 e. The van der Waals surface area contributed by atoms with Gasteiger partial charge in [0.2, 0.25) is 5.91 Å². The summed E-state index contributed by atoms with van der Waals surface area (Å²) < 4.78 is 29.3. The molecule has 0 radical (unpaired) electrons. The van der Waals surface area contributed by atoms with Crippen molar-refractivity contribution in [1.82, 2.24) is 10.6 Å². The molecule has 0 heterocycles. The number of ether oxygens (including phenoxy) is 3. The monoisotopic (exact) mass is 294 g/mol. The van der Waals surface area contributed by atoms with Gasteiger partial charge in [-0.2, -0.15) is 0 Å². The van der Waals surface area contributed by atoms with Crippen molar-refractivity contribution < 1.29 is 23.4 Å². The number of nitrogens with one attached hydrogen (secondary N) is 2. The summed E-state index contributed by atoms with van der Waals surface area (Å²) >= 11 is 0. The van der Waals surface area contributed by atoms with E-state index in [0.29, 0.717) is 33.0 Å². The molecule has 0 aliphatic heterocycles. The van der Waals surface area contributed by atoms with Crippen molar-refractivity contribution in [2.24, 2.45) is 0 Å². The van der Waals surface area contributed by atoms with Gasteiger partial charge in [0.05, 0.1) is 45.7 Å². The summed E-state index contributed by atoms with van der Waals surface area (Å²) in [5.41, 5.74) is 0. The van der Waals surface area contributed by atoms with Crippen molar-refractivity contribution >= 4 is 5.91 Å². The van der Waals surface area contributed by atoms with Gasteiger partial charge in [-0.1, -0.05) is 0 Å². The van der Waals surface area contributed by atoms with E-state index in [1.165, 1.54) is 6.92 Å². The van der Waals surface area contributed by atoms with Gasteiger partial charge < -0.3 is 24.8 Å². The molecule has 0 spiro atoms. The predicted octanol–water partition coefficient (Wildman–Crippen LogP) is 0.118. The SMILES string of the molecule is CNCCOCCOCCOC(C)C(F)CNC(C)=O. The first-order valence-corrected chi connectivity index (χ1v) is 6.88. The zero-order chi connectivity index (χ0) is 15.2. The molecule has 7 heteroatoms. The van der Waals surface area contributed by atoms with Crippen LogP contribution in [-0.4, -0.2) is 71.4 Å². The van der Waals surface area contributed by atoms with Gasteiger partial charge in [-0.3, -0.25) is 4.79 Å². The summed E-state index contributed by atoms with van der Waals surface area (Å²) in [4.78, 5) is 10.6. The van der Waals surface area contributed by atoms with E-state index >= 15 is 0 Å². The Balaban J connectivity index is 3.34. The number of amides is 1. The lowest BCUT2D eigenvalue weighted by Crippen LogP contribution is -2.35. The third kappa shape index (κ3) is 12.3. The van der Waals surface area contributed by atoms with Gasteiger partial charge in [0, 0.05) is 13.5 Å². The van der Waals surface area contributed by atoms with Gasteiger partial charge >= 0.3 is 0 Å². The van der Waals surface area contributed by atoms with Crippen molar-refractivity contribution in [2.45, 2.75) is 26.1 Å². The highest BCUT2D eigenvalue weighted by molar-refractivity contribution is 5.72. The maximum Gasteiger partial charge on any atom is 0.216 e. The van der Waals surface area contributed by atoms with Crippen LogP contribution in [0.4, 0.5) is 4.39 Å². The molecule has 1 amide bonds. The highest BCUT2D eigenvalue weighted by Crippen LogP contribution is 2.02. The standard InChI is InChI=1S/C13H27FN2O4/c1-11(13(14)10-16-12(2)17)20-9-8-19-7-6-18-5-4-15-3/h11,13,15H,4-10H2,1-3H3,(H,16,17). The van der Waals surface area contributed by atoms with Crippen molar-refractivity contribution in [1.29, 1.82) is 0 Å². The van der Waals surface area contributed by atoms with Crippen LogP contribution in [0.25, 0.3) is 0 Å². The Labute approximate surface area is 120 Å². The summed E-state index contributed by atoms with van der Waals surface area (Å²) in [6.45, 7) is 6.16. The molecule has 0 aliphatic carbocycles. The van der Waals surface area contributed by atoms with Crippen molar-refractivity contribution in [3.8, 4) is 0 Å². The molecular formula is C13H27FN2O4. The fraction of sp³-hybridized carbons (Fsp3) is 0.923. The predicted molar refractivity (Wildman–Crippen MR) is 74.6 cm³/mol. The number of carbonyl (C=O) groups is 1. The topological polar surface area (TPSA) is 68.8 Å². The van der Waals surface area contributed by atoms with Gasteiger partial charge in [-0.25, -0.2) is 4.39 Å². The molecule has 120 valence electrons. The van der Waals surface area contributed by atoms with Crippen LogP contribution in [0.2, 0.25) is 0 Å². The third-order valence-electron chi connectivity index (χ3n) is 2.53. The molecule has 0 rings (SSSR count). The van der Waals surface area contributed by atoms with E-state index in [9.17, 15) is 9.18 Å². The Bertz CT molecular complexity index is 244. The van der Waals surface area contributed by atoms with Gasteiger partial charge in [-0.05, 0) is 14.0 Å². The second-order valence-electron chi connectivity index (χ2n) is 4.36. The van der Waals surface area contributed by atoms with Crippen LogP contribution in [0, 0.1) is 0 Å². The zero-order valence-corrected chi connectivity index (χ0v) is 12.6. The van der Waals surface area contributed by atoms with E-state index in [-0.39, 0.29) is 12.5 Å². The number of likely N-dealkylation sites (N-methyl/N-ethyl adjacent to an activating group) is 1. The van der Waals surface area contributed by atoms with E-state index in [4.69, 9.17) is 14.2 Å². The summed E-state index contributed by atoms with van der Waals surface area (Å²) in [6.07, 6.45) is -1.79. The Morgan fingerprint density at radius 1 is 1.15 bits per heavy atom. The molecule has 2 atom stereocenters. The number of hydrogen-bond donors (Lipinski definition) is 2. The molecule has 2 unspecified atom stereocenters. The van der Waals surface area contributed by atoms with E-state index < -0.39 is 12.3 Å². The Kier molecular flexibility index (Phi) is 12.7. The number of hydrogen-bond acceptors (Lipinski definition) is 5. The van der Waals surface area contributed by atoms with Crippen LogP contribution in [-0.2, 0) is 19.0 Å². The van der Waals surface area contributed by atoms with Crippen LogP contribution >= 0.6 is 0 Å². The number of carbonyl (C=O) groups excluding carboxylic acids is 1. The fourth-order valence-corrected chi connectivity index (χ4v) is 1.30. The molecule has 0 aromatic heterocycles. The summed E-state index contributed by atoms with van der Waals surface area (Å²) in [6, 6.07) is 0. The quantitative estimate of drug-likeness (QED) is 0.472. The minimum absolute atomic E-state index is 0.0311. The summed E-state index contributed by atoms with van der Waals surface area (Å²) in [5, 5.41) is 5.39. The molecule has 0 aromatic rings. The average Bonchev–Trinajstić information content (AvgIpc) is 2.42.